The Kier molecular flexibility index (Phi) is 7.76. The highest BCUT2D eigenvalue weighted by Crippen LogP contribution is 2.07. The fourth-order valence-electron chi connectivity index (χ4n) is 1.31. The van der Waals surface area contributed by atoms with Gasteiger partial charge in [-0.3, -0.25) is 4.79 Å². The van der Waals surface area contributed by atoms with Crippen molar-refractivity contribution in [2.45, 2.75) is 32.7 Å². The lowest BCUT2D eigenvalue weighted by atomic mass is 10.0. The van der Waals surface area contributed by atoms with Gasteiger partial charge in [-0.2, -0.15) is 0 Å². The number of carbonyl (C=O) groups excluding carboxylic acids is 2. The highest BCUT2D eigenvalue weighted by molar-refractivity contribution is 5.85. The van der Waals surface area contributed by atoms with Crippen LogP contribution in [0.25, 0.3) is 0 Å². The summed E-state index contributed by atoms with van der Waals surface area (Å²) in [5.41, 5.74) is 0. The zero-order valence-corrected chi connectivity index (χ0v) is 10.6. The smallest absolute Gasteiger partial charge is 0.328 e. The van der Waals surface area contributed by atoms with Crippen LogP contribution >= 0.6 is 0 Å². The highest BCUT2D eigenvalue weighted by atomic mass is 16.5. The molecule has 0 spiro atoms. The molecule has 1 atom stereocenters. The molecule has 0 heterocycles. The minimum atomic E-state index is -0.595. The molecule has 4 heteroatoms. The predicted octanol–water partition coefficient (Wildman–Crippen LogP) is 1.82. The maximum absolute atomic E-state index is 11.7. The molecule has 17 heavy (non-hydrogen) atoms. The maximum atomic E-state index is 11.7. The highest BCUT2D eigenvalue weighted by Gasteiger charge is 2.22. The molecule has 0 rings (SSSR count). The van der Waals surface area contributed by atoms with Gasteiger partial charge in [0.15, 0.2) is 0 Å². The van der Waals surface area contributed by atoms with Crippen LogP contribution in [0.2, 0.25) is 0 Å². The third-order valence-electron chi connectivity index (χ3n) is 2.00. The van der Waals surface area contributed by atoms with Gasteiger partial charge in [-0.1, -0.05) is 32.6 Å². The van der Waals surface area contributed by atoms with Crippen LogP contribution in [0.4, 0.5) is 0 Å². The monoisotopic (exact) mass is 239 g/mol. The molecule has 4 nitrogen and oxygen atoms in total. The van der Waals surface area contributed by atoms with Gasteiger partial charge in [0, 0.05) is 6.42 Å². The summed E-state index contributed by atoms with van der Waals surface area (Å²) in [5.74, 6) is -0.350. The van der Waals surface area contributed by atoms with Crippen molar-refractivity contribution in [3.8, 4) is 0 Å². The summed E-state index contributed by atoms with van der Waals surface area (Å²) in [5, 5.41) is 2.64. The van der Waals surface area contributed by atoms with Gasteiger partial charge >= 0.3 is 5.97 Å². The van der Waals surface area contributed by atoms with Gasteiger partial charge in [-0.25, -0.2) is 4.79 Å². The third kappa shape index (κ3) is 7.33. The Bertz CT molecular complexity index is 284. The first kappa shape index (κ1) is 15.4. The first-order valence-electron chi connectivity index (χ1n) is 5.69. The Labute approximate surface area is 103 Å². The lowest BCUT2D eigenvalue weighted by Crippen LogP contribution is -2.42. The lowest BCUT2D eigenvalue weighted by Gasteiger charge is -2.18. The van der Waals surface area contributed by atoms with Gasteiger partial charge < -0.3 is 10.1 Å². The van der Waals surface area contributed by atoms with Crippen molar-refractivity contribution in [3.05, 3.63) is 25.3 Å². The summed E-state index contributed by atoms with van der Waals surface area (Å²) >= 11 is 0. The van der Waals surface area contributed by atoms with Crippen LogP contribution in [0.15, 0.2) is 25.3 Å². The van der Waals surface area contributed by atoms with Crippen molar-refractivity contribution in [1.82, 2.24) is 5.32 Å². The van der Waals surface area contributed by atoms with Gasteiger partial charge in [0.05, 0.1) is 0 Å². The Morgan fingerprint density at radius 1 is 1.29 bits per heavy atom. The molecule has 0 saturated heterocycles. The number of esters is 1. The number of ether oxygens (including phenoxy) is 1. The average molecular weight is 239 g/mol. The second kappa shape index (κ2) is 8.56. The summed E-state index contributed by atoms with van der Waals surface area (Å²) in [6, 6.07) is -0.595. The predicted molar refractivity (Wildman–Crippen MR) is 67.4 cm³/mol. The van der Waals surface area contributed by atoms with E-state index in [1.54, 1.807) is 0 Å². The van der Waals surface area contributed by atoms with E-state index >= 15 is 0 Å². The van der Waals surface area contributed by atoms with Crippen LogP contribution in [-0.4, -0.2) is 24.5 Å². The van der Waals surface area contributed by atoms with E-state index in [1.165, 1.54) is 12.2 Å². The number of rotatable bonds is 8. The van der Waals surface area contributed by atoms with E-state index in [9.17, 15) is 9.59 Å². The van der Waals surface area contributed by atoms with Crippen LogP contribution in [0.3, 0.4) is 0 Å². The number of hydrogen-bond donors (Lipinski definition) is 1. The molecular formula is C13H21NO3. The Balaban J connectivity index is 4.40. The topological polar surface area (TPSA) is 55.4 Å². The molecule has 1 N–H and O–H groups in total. The fraction of sp³-hybridized carbons (Fsp3) is 0.538. The van der Waals surface area contributed by atoms with Crippen molar-refractivity contribution in [1.29, 1.82) is 0 Å². The van der Waals surface area contributed by atoms with Crippen LogP contribution in [0, 0.1) is 5.92 Å². The van der Waals surface area contributed by atoms with Crippen molar-refractivity contribution in [3.63, 3.8) is 0 Å². The molecular weight excluding hydrogens is 218 g/mol. The van der Waals surface area contributed by atoms with Gasteiger partial charge in [-0.15, -0.1) is 6.58 Å². The van der Waals surface area contributed by atoms with E-state index in [1.807, 2.05) is 13.8 Å². The maximum Gasteiger partial charge on any atom is 0.328 e. The minimum Gasteiger partial charge on any atom is -0.460 e. The summed E-state index contributed by atoms with van der Waals surface area (Å²) in [6.07, 6.45) is 3.74. The average Bonchev–Trinajstić information content (AvgIpc) is 2.24. The summed E-state index contributed by atoms with van der Waals surface area (Å²) in [6.45, 7) is 11.1. The first-order valence-corrected chi connectivity index (χ1v) is 5.69. The van der Waals surface area contributed by atoms with Crippen LogP contribution in [0.5, 0.6) is 0 Å². The van der Waals surface area contributed by atoms with E-state index in [0.717, 1.165) is 0 Å². The Morgan fingerprint density at radius 3 is 2.41 bits per heavy atom. The van der Waals surface area contributed by atoms with Gasteiger partial charge in [-0.05, 0) is 12.3 Å². The molecule has 0 aliphatic rings. The molecule has 0 aromatic carbocycles. The standard InChI is InChI=1S/C13H21NO3/c1-5-7-12(15)14-11(9-10(3)4)13(16)17-8-6-2/h5-6,10-11H,1-2,7-9H2,3-4H3,(H,14,15)/t11-/m0/s1. The Morgan fingerprint density at radius 2 is 1.94 bits per heavy atom. The van der Waals surface area contributed by atoms with E-state index in [4.69, 9.17) is 4.74 Å². The quantitative estimate of drug-likeness (QED) is 0.519. The molecule has 1 amide bonds. The number of carbonyl (C=O) groups is 2. The van der Waals surface area contributed by atoms with Crippen molar-refractivity contribution in [2.75, 3.05) is 6.61 Å². The molecule has 0 fully saturated rings. The van der Waals surface area contributed by atoms with Gasteiger partial charge in [0.25, 0.3) is 0 Å². The molecule has 0 aliphatic heterocycles. The van der Waals surface area contributed by atoms with Crippen LogP contribution in [-0.2, 0) is 14.3 Å². The summed E-state index contributed by atoms with van der Waals surface area (Å²) in [4.78, 5) is 23.1. The zero-order chi connectivity index (χ0) is 13.3. The first-order chi connectivity index (χ1) is 8.01. The fourth-order valence-corrected chi connectivity index (χ4v) is 1.31. The van der Waals surface area contributed by atoms with Crippen molar-refractivity contribution < 1.29 is 14.3 Å². The van der Waals surface area contributed by atoms with E-state index in [-0.39, 0.29) is 18.9 Å². The number of nitrogens with one attached hydrogen (secondary N) is 1. The third-order valence-corrected chi connectivity index (χ3v) is 2.00. The van der Waals surface area contributed by atoms with Crippen LogP contribution < -0.4 is 5.32 Å². The second-order valence-electron chi connectivity index (χ2n) is 4.16. The van der Waals surface area contributed by atoms with Crippen LogP contribution in [0.1, 0.15) is 26.7 Å². The normalized spacial score (nSPS) is 11.7. The summed E-state index contributed by atoms with van der Waals surface area (Å²) < 4.78 is 4.94. The van der Waals surface area contributed by atoms with E-state index < -0.39 is 12.0 Å². The molecule has 96 valence electrons. The summed E-state index contributed by atoms with van der Waals surface area (Å²) in [7, 11) is 0. The second-order valence-corrected chi connectivity index (χ2v) is 4.16. The van der Waals surface area contributed by atoms with E-state index in [2.05, 4.69) is 18.5 Å². The molecule has 0 bridgehead atoms. The molecule has 0 saturated carbocycles. The van der Waals surface area contributed by atoms with E-state index in [0.29, 0.717) is 12.3 Å². The molecule has 0 aliphatic carbocycles. The largest absolute Gasteiger partial charge is 0.460 e. The van der Waals surface area contributed by atoms with Gasteiger partial charge in [0.1, 0.15) is 12.6 Å². The SMILES string of the molecule is C=CCOC(=O)[C@H](CC(C)C)NC(=O)CC=C. The lowest BCUT2D eigenvalue weighted by molar-refractivity contribution is -0.147. The number of amides is 1. The molecule has 0 unspecified atom stereocenters. The zero-order valence-electron chi connectivity index (χ0n) is 10.6. The van der Waals surface area contributed by atoms with Gasteiger partial charge in [0.2, 0.25) is 5.91 Å². The minimum absolute atomic E-state index is 0.157. The molecule has 0 aromatic heterocycles. The number of hydrogen-bond acceptors (Lipinski definition) is 3. The van der Waals surface area contributed by atoms with Crippen molar-refractivity contribution >= 4 is 11.9 Å². The molecule has 0 radical (unpaired) electrons. The Hall–Kier alpha value is -1.58. The van der Waals surface area contributed by atoms with Crippen molar-refractivity contribution in [2.24, 2.45) is 5.92 Å². The molecule has 0 aromatic rings.